The minimum Gasteiger partial charge on any atom is -0.385 e. The Morgan fingerprint density at radius 1 is 1.40 bits per heavy atom. The van der Waals surface area contributed by atoms with Crippen LogP contribution in [-0.4, -0.2) is 44.6 Å². The van der Waals surface area contributed by atoms with Gasteiger partial charge in [0, 0.05) is 43.3 Å². The van der Waals surface area contributed by atoms with E-state index in [2.05, 4.69) is 14.8 Å². The van der Waals surface area contributed by atoms with E-state index in [0.29, 0.717) is 24.3 Å². The number of methoxy groups -OCH3 is 1. The molecule has 0 aliphatic heterocycles. The Bertz CT molecular complexity index is 763. The maximum atomic E-state index is 12.7. The Hall–Kier alpha value is -1.80. The third kappa shape index (κ3) is 3.90. The molecule has 3 rings (SSSR count). The van der Waals surface area contributed by atoms with E-state index in [-0.39, 0.29) is 5.78 Å². The second-order valence-corrected chi connectivity index (χ2v) is 7.38. The molecule has 2 N–H and O–H groups in total. The fourth-order valence-corrected chi connectivity index (χ4v) is 3.96. The summed E-state index contributed by atoms with van der Waals surface area (Å²) < 4.78 is 9.25. The summed E-state index contributed by atoms with van der Waals surface area (Å²) in [6.45, 7) is 5.61. The Morgan fingerprint density at radius 3 is 2.84 bits per heavy atom. The van der Waals surface area contributed by atoms with Crippen molar-refractivity contribution in [2.45, 2.75) is 50.9 Å². The zero-order valence-corrected chi connectivity index (χ0v) is 15.8. The molecule has 136 valence electrons. The first-order valence-electron chi connectivity index (χ1n) is 8.55. The number of anilines is 1. The van der Waals surface area contributed by atoms with Crippen LogP contribution in [0.5, 0.6) is 0 Å². The van der Waals surface area contributed by atoms with Gasteiger partial charge in [0.25, 0.3) is 0 Å². The predicted octanol–water partition coefficient (Wildman–Crippen LogP) is 2.63. The Labute approximate surface area is 151 Å². The predicted molar refractivity (Wildman–Crippen MR) is 98.2 cm³/mol. The van der Waals surface area contributed by atoms with E-state index in [9.17, 15) is 4.79 Å². The second-order valence-electron chi connectivity index (χ2n) is 6.44. The van der Waals surface area contributed by atoms with E-state index < -0.39 is 0 Å². The molecule has 1 fully saturated rings. The molecule has 0 atom stereocenters. The lowest BCUT2D eigenvalue weighted by Gasteiger charge is -2.09. The molecule has 2 aromatic rings. The largest absolute Gasteiger partial charge is 0.385 e. The topological polar surface area (TPSA) is 88.0 Å². The number of carbonyl (C=O) groups is 1. The number of rotatable bonds is 9. The molecule has 0 unspecified atom stereocenters. The van der Waals surface area contributed by atoms with Crippen molar-refractivity contribution in [2.24, 2.45) is 0 Å². The van der Waals surface area contributed by atoms with Crippen LogP contribution in [0.1, 0.15) is 47.1 Å². The molecule has 0 spiro atoms. The lowest BCUT2D eigenvalue weighted by Crippen LogP contribution is -2.09. The lowest BCUT2D eigenvalue weighted by molar-refractivity contribution is 0.102. The van der Waals surface area contributed by atoms with Gasteiger partial charge >= 0.3 is 0 Å². The van der Waals surface area contributed by atoms with Gasteiger partial charge in [-0.1, -0.05) is 11.8 Å². The summed E-state index contributed by atoms with van der Waals surface area (Å²) in [4.78, 5) is 12.7. The summed E-state index contributed by atoms with van der Waals surface area (Å²) in [7, 11) is 1.70. The number of hydrogen-bond donors (Lipinski definition) is 1. The lowest BCUT2D eigenvalue weighted by atomic mass is 10.2. The first-order valence-corrected chi connectivity index (χ1v) is 9.53. The molecule has 2 aromatic heterocycles. The van der Waals surface area contributed by atoms with Gasteiger partial charge in [0.15, 0.2) is 10.9 Å². The molecule has 7 nitrogen and oxygen atoms in total. The van der Waals surface area contributed by atoms with Gasteiger partial charge in [-0.05, 0) is 39.2 Å². The summed E-state index contributed by atoms with van der Waals surface area (Å²) in [5.41, 5.74) is 8.79. The number of nitrogen functional groups attached to an aromatic ring is 1. The molecule has 2 heterocycles. The SMILES string of the molecule is COCCCn1c(C)cc(C(=O)CSc2nnc(N)n2C2CC2)c1C. The van der Waals surface area contributed by atoms with Crippen LogP contribution in [0.4, 0.5) is 5.95 Å². The van der Waals surface area contributed by atoms with Crippen LogP contribution in [0.2, 0.25) is 0 Å². The number of ketones is 1. The molecular weight excluding hydrogens is 338 g/mol. The maximum Gasteiger partial charge on any atom is 0.222 e. The van der Waals surface area contributed by atoms with Crippen LogP contribution < -0.4 is 5.73 Å². The van der Waals surface area contributed by atoms with Crippen LogP contribution in [0, 0.1) is 13.8 Å². The quantitative estimate of drug-likeness (QED) is 0.419. The molecular formula is C17H25N5O2S. The van der Waals surface area contributed by atoms with Crippen LogP contribution in [0.3, 0.4) is 0 Å². The molecule has 0 saturated heterocycles. The smallest absolute Gasteiger partial charge is 0.222 e. The first-order chi connectivity index (χ1) is 12.0. The van der Waals surface area contributed by atoms with Crippen molar-refractivity contribution < 1.29 is 9.53 Å². The average Bonchev–Trinajstić information content (AvgIpc) is 3.30. The minimum atomic E-state index is 0.111. The number of carbonyl (C=O) groups excluding carboxylic acids is 1. The molecule has 0 radical (unpaired) electrons. The van der Waals surface area contributed by atoms with E-state index in [4.69, 9.17) is 10.5 Å². The molecule has 0 aromatic carbocycles. The Kier molecular flexibility index (Phi) is 5.48. The van der Waals surface area contributed by atoms with E-state index in [1.807, 2.05) is 24.5 Å². The van der Waals surface area contributed by atoms with Crippen molar-refractivity contribution >= 4 is 23.5 Å². The number of aromatic nitrogens is 4. The van der Waals surface area contributed by atoms with Gasteiger partial charge in [-0.25, -0.2) is 0 Å². The second kappa shape index (κ2) is 7.61. The summed E-state index contributed by atoms with van der Waals surface area (Å²) in [6, 6.07) is 2.38. The molecule has 25 heavy (non-hydrogen) atoms. The summed E-state index contributed by atoms with van der Waals surface area (Å²) in [6.07, 6.45) is 3.14. The highest BCUT2D eigenvalue weighted by Crippen LogP contribution is 2.39. The Morgan fingerprint density at radius 2 is 2.16 bits per heavy atom. The summed E-state index contributed by atoms with van der Waals surface area (Å²) in [5.74, 6) is 0.890. The Balaban J connectivity index is 1.66. The van der Waals surface area contributed by atoms with Crippen molar-refractivity contribution in [3.63, 3.8) is 0 Å². The van der Waals surface area contributed by atoms with Gasteiger partial charge in [0.1, 0.15) is 0 Å². The van der Waals surface area contributed by atoms with Crippen molar-refractivity contribution in [3.05, 3.63) is 23.0 Å². The molecule has 0 amide bonds. The minimum absolute atomic E-state index is 0.111. The first kappa shape index (κ1) is 18.0. The van der Waals surface area contributed by atoms with Gasteiger partial charge < -0.3 is 15.0 Å². The van der Waals surface area contributed by atoms with Gasteiger partial charge in [-0.3, -0.25) is 9.36 Å². The maximum absolute atomic E-state index is 12.7. The number of Topliss-reactive ketones (excluding diaryl/α,β-unsaturated/α-hetero) is 1. The highest BCUT2D eigenvalue weighted by molar-refractivity contribution is 7.99. The zero-order chi connectivity index (χ0) is 18.0. The summed E-state index contributed by atoms with van der Waals surface area (Å²) >= 11 is 1.42. The number of thioether (sulfide) groups is 1. The number of nitrogens with two attached hydrogens (primary N) is 1. The van der Waals surface area contributed by atoms with E-state index in [0.717, 1.165) is 47.9 Å². The van der Waals surface area contributed by atoms with Crippen molar-refractivity contribution in [1.29, 1.82) is 0 Å². The summed E-state index contributed by atoms with van der Waals surface area (Å²) in [5, 5.41) is 8.80. The number of nitrogens with zero attached hydrogens (tertiary/aromatic N) is 4. The average molecular weight is 363 g/mol. The van der Waals surface area contributed by atoms with Gasteiger partial charge in [-0.15, -0.1) is 10.2 Å². The van der Waals surface area contributed by atoms with Crippen LogP contribution >= 0.6 is 11.8 Å². The van der Waals surface area contributed by atoms with Crippen LogP contribution in [0.15, 0.2) is 11.2 Å². The van der Waals surface area contributed by atoms with Crippen molar-refractivity contribution in [2.75, 3.05) is 25.2 Å². The van der Waals surface area contributed by atoms with E-state index in [1.165, 1.54) is 11.8 Å². The molecule has 1 saturated carbocycles. The standard InChI is InChI=1S/C17H25N5O2S/c1-11-9-14(12(2)21(11)7-4-8-24-3)15(23)10-25-17-20-19-16(18)22(17)13-5-6-13/h9,13H,4-8,10H2,1-3H3,(H2,18,19). The highest BCUT2D eigenvalue weighted by Gasteiger charge is 2.29. The fraction of sp³-hybridized carbons (Fsp3) is 0.588. The third-order valence-corrected chi connectivity index (χ3v) is 5.48. The molecule has 0 bridgehead atoms. The molecule has 1 aliphatic carbocycles. The van der Waals surface area contributed by atoms with Gasteiger partial charge in [0.2, 0.25) is 5.95 Å². The van der Waals surface area contributed by atoms with Gasteiger partial charge in [0.05, 0.1) is 5.75 Å². The number of hydrogen-bond acceptors (Lipinski definition) is 6. The normalized spacial score (nSPS) is 14.2. The van der Waals surface area contributed by atoms with E-state index >= 15 is 0 Å². The zero-order valence-electron chi connectivity index (χ0n) is 15.0. The molecule has 8 heteroatoms. The van der Waals surface area contributed by atoms with Gasteiger partial charge in [-0.2, -0.15) is 0 Å². The third-order valence-electron chi connectivity index (χ3n) is 4.54. The number of aryl methyl sites for hydroxylation is 1. The highest BCUT2D eigenvalue weighted by atomic mass is 32.2. The van der Waals surface area contributed by atoms with Crippen molar-refractivity contribution in [3.8, 4) is 0 Å². The van der Waals surface area contributed by atoms with Crippen LogP contribution in [0.25, 0.3) is 0 Å². The molecule has 1 aliphatic rings. The number of ether oxygens (including phenoxy) is 1. The van der Waals surface area contributed by atoms with Crippen molar-refractivity contribution in [1.82, 2.24) is 19.3 Å². The fourth-order valence-electron chi connectivity index (χ4n) is 3.07. The van der Waals surface area contributed by atoms with Crippen LogP contribution in [-0.2, 0) is 11.3 Å². The monoisotopic (exact) mass is 363 g/mol. The van der Waals surface area contributed by atoms with E-state index in [1.54, 1.807) is 7.11 Å².